The van der Waals surface area contributed by atoms with Crippen molar-refractivity contribution in [3.8, 4) is 5.75 Å². The molecule has 0 radical (unpaired) electrons. The molecule has 16 N–H and O–H groups in total. The summed E-state index contributed by atoms with van der Waals surface area (Å²) in [5, 5.41) is 34.8. The van der Waals surface area contributed by atoms with E-state index < -0.39 is 138 Å². The Morgan fingerprint density at radius 3 is 1.27 bits per heavy atom. The fourth-order valence-corrected chi connectivity index (χ4v) is 11.0. The molecule has 0 saturated carbocycles. The van der Waals surface area contributed by atoms with E-state index in [2.05, 4.69) is 47.9 Å². The van der Waals surface area contributed by atoms with Crippen LogP contribution >= 0.6 is 0 Å². The van der Waals surface area contributed by atoms with Crippen molar-refractivity contribution < 1.29 is 57.8 Å². The van der Waals surface area contributed by atoms with Gasteiger partial charge in [-0.15, -0.1) is 0 Å². The highest BCUT2D eigenvalue weighted by atomic mass is 16.3. The first kappa shape index (κ1) is 70.9. The highest BCUT2D eigenvalue weighted by molar-refractivity contribution is 6.00. The third-order valence-electron chi connectivity index (χ3n) is 15.9. The standard InChI is InChI=1S/C66H89N13O12/c1-39(2)33-48-59(84)77-53(37-43-21-12-7-13-22-43)66(91)79-32-16-25-54(79)64(89)76-50(35-42-19-10-6-11-20-42)61(86)74-49(34-41-17-8-5-9-18-41)60(85)75-52(38-55(69)81)62(87)70-46(23-14-30-67)57(82)73-51(36-44-26-28-45(80)29-27-44)63(88)78-56(40(3)4)65(90)71-47(24-15-31-68)58(83)72-48/h5-13,17-22,26-29,39-40,46-54,56,80H,14-16,23-25,30-38,67-68H2,1-4H3,(H2,69,81)(H,70,87)(H,71,90)(H,72,83)(H,73,82)(H,74,86)(H,75,85)(H,76,89)(H,77,84)(H,78,88)/t46-,47-,48-,49+,50-,51-,52-,53+,54-,56-/m0/s1. The van der Waals surface area contributed by atoms with E-state index >= 15 is 4.79 Å². The summed E-state index contributed by atoms with van der Waals surface area (Å²) in [6, 6.07) is 18.0. The number of carbonyl (C=O) groups excluding carboxylic acids is 11. The minimum atomic E-state index is -1.76. The van der Waals surface area contributed by atoms with Gasteiger partial charge in [-0.05, 0) is 104 Å². The van der Waals surface area contributed by atoms with Crippen molar-refractivity contribution in [2.75, 3.05) is 19.6 Å². The number of primary amides is 1. The van der Waals surface area contributed by atoms with Crippen molar-refractivity contribution in [2.24, 2.45) is 29.0 Å². The first-order valence-electron chi connectivity index (χ1n) is 31.2. The molecule has 2 saturated heterocycles. The molecule has 91 heavy (non-hydrogen) atoms. The number of phenolic OH excluding ortho intramolecular Hbond substituents is 1. The monoisotopic (exact) mass is 1260 g/mol. The van der Waals surface area contributed by atoms with Crippen molar-refractivity contribution in [1.82, 2.24) is 52.8 Å². The number of nitrogens with zero attached hydrogens (tertiary/aromatic N) is 1. The minimum Gasteiger partial charge on any atom is -0.508 e. The Hall–Kier alpha value is -9.23. The van der Waals surface area contributed by atoms with Crippen LogP contribution in [0.2, 0.25) is 0 Å². The van der Waals surface area contributed by atoms with Gasteiger partial charge in [-0.3, -0.25) is 52.7 Å². The van der Waals surface area contributed by atoms with Crippen LogP contribution in [0.4, 0.5) is 0 Å². The topological polar surface area (TPSA) is 398 Å². The maximum atomic E-state index is 15.1. The zero-order valence-electron chi connectivity index (χ0n) is 52.1. The van der Waals surface area contributed by atoms with E-state index in [0.717, 1.165) is 0 Å². The smallest absolute Gasteiger partial charge is 0.246 e. The van der Waals surface area contributed by atoms with E-state index in [4.69, 9.17) is 17.2 Å². The van der Waals surface area contributed by atoms with Gasteiger partial charge in [-0.1, -0.05) is 131 Å². The number of amides is 11. The molecule has 2 heterocycles. The van der Waals surface area contributed by atoms with E-state index in [1.165, 1.54) is 29.2 Å². The lowest BCUT2D eigenvalue weighted by molar-refractivity contribution is -0.142. The van der Waals surface area contributed by atoms with E-state index in [-0.39, 0.29) is 95.5 Å². The van der Waals surface area contributed by atoms with Gasteiger partial charge in [0.2, 0.25) is 65.0 Å². The Balaban J connectivity index is 1.46. The number of nitrogens with one attached hydrogen (secondary N) is 9. The number of nitrogens with two attached hydrogens (primary N) is 3. The van der Waals surface area contributed by atoms with Crippen molar-refractivity contribution in [2.45, 2.75) is 165 Å². The molecule has 25 heteroatoms. The molecule has 0 aliphatic carbocycles. The zero-order chi connectivity index (χ0) is 66.1. The predicted molar refractivity (Wildman–Crippen MR) is 339 cm³/mol. The largest absolute Gasteiger partial charge is 0.508 e. The molecule has 10 atom stereocenters. The van der Waals surface area contributed by atoms with E-state index in [9.17, 15) is 53.1 Å². The van der Waals surface area contributed by atoms with Crippen LogP contribution in [0.25, 0.3) is 0 Å². The number of carbonyl (C=O) groups is 11. The number of phenols is 1. The highest BCUT2D eigenvalue weighted by Crippen LogP contribution is 2.22. The summed E-state index contributed by atoms with van der Waals surface area (Å²) in [5.74, 6) is -10.2. The van der Waals surface area contributed by atoms with Crippen molar-refractivity contribution in [3.05, 3.63) is 138 Å². The predicted octanol–water partition coefficient (Wildman–Crippen LogP) is 0.0859. The summed E-state index contributed by atoms with van der Waals surface area (Å²) in [6.07, 6.45) is -0.423. The zero-order valence-corrected chi connectivity index (χ0v) is 52.1. The molecule has 0 aromatic heterocycles. The second kappa shape index (κ2) is 35.2. The van der Waals surface area contributed by atoms with Gasteiger partial charge in [0.25, 0.3) is 0 Å². The average Bonchev–Trinajstić information content (AvgIpc) is 1.96. The Morgan fingerprint density at radius 1 is 0.462 bits per heavy atom. The van der Waals surface area contributed by atoms with Gasteiger partial charge >= 0.3 is 0 Å². The number of benzene rings is 4. The summed E-state index contributed by atoms with van der Waals surface area (Å²) in [6.45, 7) is 7.21. The lowest BCUT2D eigenvalue weighted by Crippen LogP contribution is -2.62. The Kier molecular flexibility index (Phi) is 27.4. The fourth-order valence-electron chi connectivity index (χ4n) is 11.0. The fraction of sp³-hybridized carbons (Fsp3) is 0.470. The molecule has 6 rings (SSSR count). The summed E-state index contributed by atoms with van der Waals surface area (Å²) < 4.78 is 0. The van der Waals surface area contributed by atoms with E-state index in [0.29, 0.717) is 28.7 Å². The summed E-state index contributed by atoms with van der Waals surface area (Å²) in [4.78, 5) is 161. The first-order chi connectivity index (χ1) is 43.5. The number of hydrogen-bond donors (Lipinski definition) is 13. The molecular formula is C66H89N13O12. The van der Waals surface area contributed by atoms with Crippen LogP contribution in [0, 0.1) is 11.8 Å². The third-order valence-corrected chi connectivity index (χ3v) is 15.9. The van der Waals surface area contributed by atoms with Crippen LogP contribution in [-0.2, 0) is 78.4 Å². The molecule has 2 aliphatic rings. The van der Waals surface area contributed by atoms with Gasteiger partial charge in [-0.25, -0.2) is 0 Å². The van der Waals surface area contributed by atoms with Crippen LogP contribution < -0.4 is 65.1 Å². The number of rotatable bonds is 19. The second-order valence-corrected chi connectivity index (χ2v) is 24.0. The first-order valence-corrected chi connectivity index (χ1v) is 31.2. The van der Waals surface area contributed by atoms with Crippen LogP contribution in [0.3, 0.4) is 0 Å². The van der Waals surface area contributed by atoms with Crippen molar-refractivity contribution >= 4 is 65.0 Å². The van der Waals surface area contributed by atoms with Gasteiger partial charge in [0.05, 0.1) is 6.42 Å². The molecule has 2 fully saturated rings. The quantitative estimate of drug-likeness (QED) is 0.0592. The molecule has 0 unspecified atom stereocenters. The maximum Gasteiger partial charge on any atom is 0.246 e. The maximum absolute atomic E-state index is 15.1. The van der Waals surface area contributed by atoms with Gasteiger partial charge in [0.15, 0.2) is 0 Å². The summed E-state index contributed by atoms with van der Waals surface area (Å²) in [5.41, 5.74) is 19.8. The number of fused-ring (bicyclic) bond motifs is 1. The van der Waals surface area contributed by atoms with Gasteiger partial charge in [-0.2, -0.15) is 0 Å². The molecule has 490 valence electrons. The molecule has 11 amide bonds. The third kappa shape index (κ3) is 22.0. The Bertz CT molecular complexity index is 3120. The molecule has 4 aromatic rings. The molecule has 4 aromatic carbocycles. The lowest BCUT2D eigenvalue weighted by atomic mass is 9.99. The average molecular weight is 1260 g/mol. The van der Waals surface area contributed by atoms with Crippen molar-refractivity contribution in [3.63, 3.8) is 0 Å². The van der Waals surface area contributed by atoms with Gasteiger partial charge < -0.3 is 75.1 Å². The van der Waals surface area contributed by atoms with Crippen LogP contribution in [-0.4, -0.2) is 155 Å². The molecule has 0 bridgehead atoms. The SMILES string of the molecule is CC(C)C[C@@H]1NC(=O)[C@H](CCCN)NC(=O)[C@H](C(C)C)NC(=O)[C@H](Cc2ccc(O)cc2)NC(=O)[C@H](CCCN)NC(=O)[C@H](CC(N)=O)NC(=O)[C@@H](Cc2ccccc2)NC(=O)[C@H](Cc2ccccc2)NC(=O)[C@@H]2CCCN2C(=O)[C@@H](Cc2ccccc2)NC1=O. The van der Waals surface area contributed by atoms with Crippen LogP contribution in [0.15, 0.2) is 115 Å². The molecular weight excluding hydrogens is 1170 g/mol. The Labute approximate surface area is 530 Å². The van der Waals surface area contributed by atoms with Crippen molar-refractivity contribution in [1.29, 1.82) is 0 Å². The second-order valence-electron chi connectivity index (χ2n) is 24.0. The Morgan fingerprint density at radius 2 is 0.824 bits per heavy atom. The van der Waals surface area contributed by atoms with Gasteiger partial charge in [0.1, 0.15) is 66.2 Å². The normalized spacial score (nSPS) is 24.1. The molecule has 0 spiro atoms. The number of aromatic hydroxyl groups is 1. The highest BCUT2D eigenvalue weighted by Gasteiger charge is 2.42. The van der Waals surface area contributed by atoms with Gasteiger partial charge in [0, 0.05) is 32.2 Å². The number of hydrogen-bond acceptors (Lipinski definition) is 14. The molecule has 25 nitrogen and oxygen atoms in total. The lowest BCUT2D eigenvalue weighted by Gasteiger charge is -2.32. The van der Waals surface area contributed by atoms with Crippen LogP contribution in [0.5, 0.6) is 5.75 Å². The minimum absolute atomic E-state index is 0.00204. The van der Waals surface area contributed by atoms with E-state index in [1.54, 1.807) is 105 Å². The summed E-state index contributed by atoms with van der Waals surface area (Å²) in [7, 11) is 0. The molecule has 2 aliphatic heterocycles. The van der Waals surface area contributed by atoms with Crippen LogP contribution in [0.1, 0.15) is 101 Å². The van der Waals surface area contributed by atoms with E-state index in [1.807, 2.05) is 13.8 Å². The summed E-state index contributed by atoms with van der Waals surface area (Å²) >= 11 is 0.